The van der Waals surface area contributed by atoms with E-state index in [-0.39, 0.29) is 12.0 Å². The van der Waals surface area contributed by atoms with Gasteiger partial charge >= 0.3 is 6.09 Å². The second kappa shape index (κ2) is 9.41. The lowest BCUT2D eigenvalue weighted by Gasteiger charge is -2.24. The van der Waals surface area contributed by atoms with E-state index in [1.54, 1.807) is 4.90 Å². The van der Waals surface area contributed by atoms with E-state index in [1.807, 2.05) is 87.5 Å². The number of imidazole rings is 1. The number of benzene rings is 2. The van der Waals surface area contributed by atoms with Crippen LogP contribution in [0.25, 0.3) is 22.6 Å². The van der Waals surface area contributed by atoms with E-state index in [0.717, 1.165) is 40.3 Å². The van der Waals surface area contributed by atoms with Gasteiger partial charge in [-0.1, -0.05) is 42.5 Å². The zero-order chi connectivity index (χ0) is 24.4. The minimum absolute atomic E-state index is 0.177. The minimum Gasteiger partial charge on any atom is -0.489 e. The van der Waals surface area contributed by atoms with Crippen molar-refractivity contribution in [1.29, 1.82) is 0 Å². The second-order valence-electron chi connectivity index (χ2n) is 9.90. The Balaban J connectivity index is 1.25. The average molecular weight is 471 g/mol. The molecule has 0 spiro atoms. The molecule has 5 rings (SSSR count). The van der Waals surface area contributed by atoms with Crippen molar-refractivity contribution in [3.8, 4) is 17.1 Å². The molecule has 35 heavy (non-hydrogen) atoms. The average Bonchev–Trinajstić information content (AvgIpc) is 3.50. The molecule has 0 bridgehead atoms. The zero-order valence-electron chi connectivity index (χ0n) is 20.3. The van der Waals surface area contributed by atoms with Crippen molar-refractivity contribution in [3.63, 3.8) is 0 Å². The summed E-state index contributed by atoms with van der Waals surface area (Å²) in [5.74, 6) is 1.81. The summed E-state index contributed by atoms with van der Waals surface area (Å²) in [5.41, 5.74) is 4.11. The summed E-state index contributed by atoms with van der Waals surface area (Å²) in [6.07, 6.45) is 0.599. The lowest BCUT2D eigenvalue weighted by atomic mass is 10.0. The van der Waals surface area contributed by atoms with Crippen molar-refractivity contribution >= 4 is 17.3 Å². The van der Waals surface area contributed by atoms with Crippen LogP contribution in [0, 0.1) is 0 Å². The number of fused-ring (bicyclic) bond motifs is 1. The fraction of sp³-hybridized carbons (Fsp3) is 0.321. The minimum atomic E-state index is -0.495. The highest BCUT2D eigenvalue weighted by Crippen LogP contribution is 2.29. The first-order valence-electron chi connectivity index (χ1n) is 12.0. The summed E-state index contributed by atoms with van der Waals surface area (Å²) in [7, 11) is 0. The van der Waals surface area contributed by atoms with Crippen LogP contribution in [0.3, 0.4) is 0 Å². The number of aromatic amines is 1. The van der Waals surface area contributed by atoms with Gasteiger partial charge in [-0.15, -0.1) is 0 Å². The highest BCUT2D eigenvalue weighted by molar-refractivity contribution is 5.76. The number of aromatic nitrogens is 3. The van der Waals surface area contributed by atoms with Gasteiger partial charge in [-0.05, 0) is 57.0 Å². The van der Waals surface area contributed by atoms with E-state index in [1.165, 1.54) is 0 Å². The third-order valence-corrected chi connectivity index (χ3v) is 6.00. The summed E-state index contributed by atoms with van der Waals surface area (Å²) < 4.78 is 11.3. The third kappa shape index (κ3) is 5.45. The van der Waals surface area contributed by atoms with Crippen molar-refractivity contribution in [3.05, 3.63) is 78.0 Å². The van der Waals surface area contributed by atoms with Crippen LogP contribution in [0.5, 0.6) is 5.75 Å². The fourth-order valence-electron chi connectivity index (χ4n) is 4.21. The number of carbonyl (C=O) groups excluding carboxylic acids is 1. The van der Waals surface area contributed by atoms with Gasteiger partial charge in [0.2, 0.25) is 0 Å². The van der Waals surface area contributed by atoms with Crippen LogP contribution in [0.4, 0.5) is 4.79 Å². The van der Waals surface area contributed by atoms with Crippen LogP contribution >= 0.6 is 0 Å². The molecule has 7 nitrogen and oxygen atoms in total. The number of pyridine rings is 1. The Morgan fingerprint density at radius 3 is 2.54 bits per heavy atom. The number of para-hydroxylation sites is 1. The van der Waals surface area contributed by atoms with Gasteiger partial charge in [0.15, 0.2) is 5.65 Å². The van der Waals surface area contributed by atoms with Crippen LogP contribution in [0.1, 0.15) is 44.4 Å². The lowest BCUT2D eigenvalue weighted by molar-refractivity contribution is 0.0292. The largest absolute Gasteiger partial charge is 0.489 e. The van der Waals surface area contributed by atoms with E-state index in [2.05, 4.69) is 4.98 Å². The number of rotatable bonds is 5. The number of ether oxygens (including phenoxy) is 2. The van der Waals surface area contributed by atoms with E-state index in [4.69, 9.17) is 19.4 Å². The molecule has 0 saturated carbocycles. The maximum Gasteiger partial charge on any atom is 0.410 e. The summed E-state index contributed by atoms with van der Waals surface area (Å²) in [6.45, 7) is 7.44. The SMILES string of the molecule is CC(C)(C)OC(=O)N1CCC(c2ccc3[nH]c(-c4ccc(COc5ccccc5)cc4)nc3n2)C1. The quantitative estimate of drug-likeness (QED) is 0.391. The van der Waals surface area contributed by atoms with Crippen LogP contribution < -0.4 is 4.74 Å². The van der Waals surface area contributed by atoms with Gasteiger partial charge in [0.05, 0.1) is 5.52 Å². The van der Waals surface area contributed by atoms with E-state index in [9.17, 15) is 4.79 Å². The molecule has 1 N–H and O–H groups in total. The van der Waals surface area contributed by atoms with Crippen molar-refractivity contribution in [2.75, 3.05) is 13.1 Å². The summed E-state index contributed by atoms with van der Waals surface area (Å²) >= 11 is 0. The molecule has 180 valence electrons. The van der Waals surface area contributed by atoms with E-state index in [0.29, 0.717) is 25.3 Å². The highest BCUT2D eigenvalue weighted by Gasteiger charge is 2.31. The number of nitrogens with zero attached hydrogens (tertiary/aromatic N) is 3. The van der Waals surface area contributed by atoms with Gasteiger partial charge in [-0.3, -0.25) is 0 Å². The fourth-order valence-corrected chi connectivity index (χ4v) is 4.21. The Morgan fingerprint density at radius 1 is 1.03 bits per heavy atom. The Hall–Kier alpha value is -3.87. The standard InChI is InChI=1S/C28H30N4O3/c1-28(2,3)35-27(33)32-16-15-21(17-32)23-13-14-24-26(29-23)31-25(30-24)20-11-9-19(10-12-20)18-34-22-7-5-4-6-8-22/h4-14,21H,15-18H2,1-3H3,(H,29,30,31). The predicted octanol–water partition coefficient (Wildman–Crippen LogP) is 5.93. The first-order valence-corrected chi connectivity index (χ1v) is 12.0. The molecule has 7 heteroatoms. The molecule has 1 fully saturated rings. The first-order chi connectivity index (χ1) is 16.8. The smallest absolute Gasteiger partial charge is 0.410 e. The van der Waals surface area contributed by atoms with Gasteiger partial charge in [0, 0.05) is 30.3 Å². The summed E-state index contributed by atoms with van der Waals surface area (Å²) in [6, 6.07) is 22.0. The van der Waals surface area contributed by atoms with Crippen molar-refractivity contribution in [1.82, 2.24) is 19.9 Å². The third-order valence-electron chi connectivity index (χ3n) is 6.00. The molecular formula is C28H30N4O3. The molecule has 1 saturated heterocycles. The monoisotopic (exact) mass is 470 g/mol. The molecule has 1 unspecified atom stereocenters. The molecule has 1 aliphatic heterocycles. The number of H-pyrrole nitrogens is 1. The van der Waals surface area contributed by atoms with Gasteiger partial charge in [0.1, 0.15) is 23.8 Å². The van der Waals surface area contributed by atoms with Crippen LogP contribution in [-0.4, -0.2) is 44.6 Å². The first kappa shape index (κ1) is 22.9. The van der Waals surface area contributed by atoms with Gasteiger partial charge in [-0.25, -0.2) is 14.8 Å². The van der Waals surface area contributed by atoms with Crippen molar-refractivity contribution in [2.24, 2.45) is 0 Å². The number of nitrogens with one attached hydrogen (secondary N) is 1. The molecule has 0 aliphatic carbocycles. The van der Waals surface area contributed by atoms with E-state index < -0.39 is 5.60 Å². The normalized spacial score (nSPS) is 16.0. The molecule has 4 aromatic rings. The number of hydrogen-bond acceptors (Lipinski definition) is 5. The topological polar surface area (TPSA) is 80.3 Å². The van der Waals surface area contributed by atoms with Crippen molar-refractivity contribution in [2.45, 2.75) is 45.3 Å². The maximum atomic E-state index is 12.4. The number of carbonyl (C=O) groups is 1. The highest BCUT2D eigenvalue weighted by atomic mass is 16.6. The lowest BCUT2D eigenvalue weighted by Crippen LogP contribution is -2.35. The molecule has 2 aromatic carbocycles. The van der Waals surface area contributed by atoms with Crippen LogP contribution in [0.15, 0.2) is 66.7 Å². The molecule has 2 aromatic heterocycles. The molecule has 1 aliphatic rings. The van der Waals surface area contributed by atoms with E-state index >= 15 is 0 Å². The number of likely N-dealkylation sites (tertiary alicyclic amines) is 1. The predicted molar refractivity (Wildman–Crippen MR) is 135 cm³/mol. The Labute approximate surface area is 205 Å². The van der Waals surface area contributed by atoms with Crippen LogP contribution in [-0.2, 0) is 11.3 Å². The van der Waals surface area contributed by atoms with Crippen molar-refractivity contribution < 1.29 is 14.3 Å². The Kier molecular flexibility index (Phi) is 6.16. The molecule has 3 heterocycles. The zero-order valence-corrected chi connectivity index (χ0v) is 20.3. The van der Waals surface area contributed by atoms with Gasteiger partial charge in [-0.2, -0.15) is 0 Å². The summed E-state index contributed by atoms with van der Waals surface area (Å²) in [4.78, 5) is 27.1. The number of hydrogen-bond donors (Lipinski definition) is 1. The van der Waals surface area contributed by atoms with Crippen LogP contribution in [0.2, 0.25) is 0 Å². The molecular weight excluding hydrogens is 440 g/mol. The maximum absolute atomic E-state index is 12.4. The van der Waals surface area contributed by atoms with Gasteiger partial charge < -0.3 is 19.4 Å². The summed E-state index contributed by atoms with van der Waals surface area (Å²) in [5, 5.41) is 0. The Bertz CT molecular complexity index is 1310. The number of amides is 1. The molecule has 1 amide bonds. The van der Waals surface area contributed by atoms with Gasteiger partial charge in [0.25, 0.3) is 0 Å². The molecule has 0 radical (unpaired) electrons. The molecule has 1 atom stereocenters. The second-order valence-corrected chi connectivity index (χ2v) is 9.90. The Morgan fingerprint density at radius 2 is 1.80 bits per heavy atom.